The molecule has 0 aliphatic heterocycles. The van der Waals surface area contributed by atoms with Gasteiger partial charge in [-0.3, -0.25) is 4.40 Å². The molecule has 0 atom stereocenters. The Balaban J connectivity index is 2.59. The van der Waals surface area contributed by atoms with E-state index in [-0.39, 0.29) is 5.03 Å². The molecule has 0 aromatic carbocycles. The Labute approximate surface area is 109 Å². The number of nitrogens with one attached hydrogen (secondary N) is 2. The standard InChI is InChI=1S/C9H15N5O2S2/c1-4-10-7-8(18(15,16)12-13(2)3)14-5-6-17-9(14)11-7/h5-6,10,12H,4H2,1-3H3. The van der Waals surface area contributed by atoms with E-state index in [0.29, 0.717) is 17.3 Å². The molecule has 0 radical (unpaired) electrons. The van der Waals surface area contributed by atoms with E-state index in [4.69, 9.17) is 0 Å². The predicted octanol–water partition coefficient (Wildman–Crippen LogP) is 0.582. The zero-order valence-electron chi connectivity index (χ0n) is 10.3. The molecular formula is C9H15N5O2S2. The third kappa shape index (κ3) is 2.34. The number of hydrogen-bond acceptors (Lipinski definition) is 6. The summed E-state index contributed by atoms with van der Waals surface area (Å²) in [5, 5.41) is 6.29. The molecule has 0 saturated carbocycles. The lowest BCUT2D eigenvalue weighted by Crippen LogP contribution is -2.37. The normalized spacial score (nSPS) is 12.4. The summed E-state index contributed by atoms with van der Waals surface area (Å²) in [6.07, 6.45) is 1.69. The van der Waals surface area contributed by atoms with Gasteiger partial charge in [-0.15, -0.1) is 16.2 Å². The number of thiazole rings is 1. The van der Waals surface area contributed by atoms with Crippen LogP contribution in [0.2, 0.25) is 0 Å². The Morgan fingerprint density at radius 3 is 2.83 bits per heavy atom. The van der Waals surface area contributed by atoms with Gasteiger partial charge in [0.15, 0.2) is 10.8 Å². The number of rotatable bonds is 5. The van der Waals surface area contributed by atoms with Crippen molar-refractivity contribution in [2.24, 2.45) is 0 Å². The van der Waals surface area contributed by atoms with Gasteiger partial charge in [0.1, 0.15) is 0 Å². The van der Waals surface area contributed by atoms with Gasteiger partial charge in [-0.1, -0.05) is 0 Å². The number of sulfonamides is 1. The Morgan fingerprint density at radius 1 is 1.50 bits per heavy atom. The summed E-state index contributed by atoms with van der Waals surface area (Å²) < 4.78 is 26.1. The number of fused-ring (bicyclic) bond motifs is 1. The number of hydrazine groups is 1. The minimum atomic E-state index is -3.64. The first-order chi connectivity index (χ1) is 8.45. The Morgan fingerprint density at radius 2 is 2.22 bits per heavy atom. The lowest BCUT2D eigenvalue weighted by atomic mass is 10.6. The summed E-state index contributed by atoms with van der Waals surface area (Å²) in [5.74, 6) is 0.374. The lowest BCUT2D eigenvalue weighted by molar-refractivity contribution is 0.363. The van der Waals surface area contributed by atoms with Crippen LogP contribution in [-0.4, -0.2) is 43.5 Å². The van der Waals surface area contributed by atoms with Crippen LogP contribution in [0.4, 0.5) is 5.82 Å². The summed E-state index contributed by atoms with van der Waals surface area (Å²) in [6.45, 7) is 2.50. The highest BCUT2D eigenvalue weighted by atomic mass is 32.2. The van der Waals surface area contributed by atoms with Gasteiger partial charge in [-0.05, 0) is 6.92 Å². The average molecular weight is 289 g/mol. The Kier molecular flexibility index (Phi) is 3.57. The molecule has 0 amide bonds. The third-order valence-corrected chi connectivity index (χ3v) is 4.38. The van der Waals surface area contributed by atoms with Crippen molar-refractivity contribution in [1.82, 2.24) is 19.2 Å². The van der Waals surface area contributed by atoms with E-state index >= 15 is 0 Å². The second kappa shape index (κ2) is 4.84. The van der Waals surface area contributed by atoms with Gasteiger partial charge in [0.05, 0.1) is 0 Å². The molecule has 0 spiro atoms. The molecule has 7 nitrogen and oxygen atoms in total. The number of hydrogen-bond donors (Lipinski definition) is 2. The minimum absolute atomic E-state index is 0.134. The van der Waals surface area contributed by atoms with Gasteiger partial charge < -0.3 is 5.32 Å². The van der Waals surface area contributed by atoms with Crippen molar-refractivity contribution in [1.29, 1.82) is 0 Å². The first-order valence-electron chi connectivity index (χ1n) is 5.35. The fourth-order valence-electron chi connectivity index (χ4n) is 1.59. The monoisotopic (exact) mass is 289 g/mol. The summed E-state index contributed by atoms with van der Waals surface area (Å²) in [4.78, 5) is 7.32. The molecule has 100 valence electrons. The van der Waals surface area contributed by atoms with Gasteiger partial charge >= 0.3 is 0 Å². The molecule has 2 N–H and O–H groups in total. The van der Waals surface area contributed by atoms with Crippen LogP contribution in [0.15, 0.2) is 16.6 Å². The lowest BCUT2D eigenvalue weighted by Gasteiger charge is -2.13. The van der Waals surface area contributed by atoms with Crippen LogP contribution in [-0.2, 0) is 10.0 Å². The molecule has 0 aliphatic carbocycles. The van der Waals surface area contributed by atoms with Gasteiger partial charge in [-0.2, -0.15) is 0 Å². The van der Waals surface area contributed by atoms with Crippen LogP contribution >= 0.6 is 11.3 Å². The Hall–Kier alpha value is -1.16. The number of aromatic nitrogens is 2. The molecule has 2 aromatic heterocycles. The van der Waals surface area contributed by atoms with Crippen LogP contribution in [0.25, 0.3) is 4.96 Å². The van der Waals surface area contributed by atoms with Crippen molar-refractivity contribution in [3.05, 3.63) is 11.6 Å². The molecule has 2 aromatic rings. The fourth-order valence-corrected chi connectivity index (χ4v) is 3.71. The molecule has 2 heterocycles. The van der Waals surface area contributed by atoms with Crippen molar-refractivity contribution < 1.29 is 8.42 Å². The van der Waals surface area contributed by atoms with E-state index in [1.807, 2.05) is 6.92 Å². The van der Waals surface area contributed by atoms with Crippen LogP contribution in [0.5, 0.6) is 0 Å². The zero-order chi connectivity index (χ0) is 13.3. The quantitative estimate of drug-likeness (QED) is 0.787. The van der Waals surface area contributed by atoms with Crippen molar-refractivity contribution in [2.45, 2.75) is 11.9 Å². The zero-order valence-corrected chi connectivity index (χ0v) is 12.0. The van der Waals surface area contributed by atoms with Gasteiger partial charge in [0.2, 0.25) is 5.03 Å². The second-order valence-electron chi connectivity index (χ2n) is 3.84. The molecule has 0 unspecified atom stereocenters. The van der Waals surface area contributed by atoms with Crippen LogP contribution in [0.1, 0.15) is 6.92 Å². The number of anilines is 1. The smallest absolute Gasteiger partial charge is 0.273 e. The van der Waals surface area contributed by atoms with E-state index in [1.165, 1.54) is 16.3 Å². The van der Waals surface area contributed by atoms with Crippen molar-refractivity contribution in [2.75, 3.05) is 26.0 Å². The third-order valence-electron chi connectivity index (χ3n) is 2.12. The predicted molar refractivity (Wildman–Crippen MR) is 71.2 cm³/mol. The Bertz CT molecular complexity index is 643. The molecule has 18 heavy (non-hydrogen) atoms. The number of nitrogens with zero attached hydrogens (tertiary/aromatic N) is 3. The van der Waals surface area contributed by atoms with Crippen LogP contribution < -0.4 is 10.1 Å². The van der Waals surface area contributed by atoms with Crippen LogP contribution in [0.3, 0.4) is 0 Å². The number of imidazole rings is 1. The highest BCUT2D eigenvalue weighted by molar-refractivity contribution is 7.89. The maximum atomic E-state index is 12.3. The molecular weight excluding hydrogens is 274 g/mol. The van der Waals surface area contributed by atoms with Crippen molar-refractivity contribution >= 4 is 32.1 Å². The molecule has 2 rings (SSSR count). The molecule has 0 aliphatic rings. The minimum Gasteiger partial charge on any atom is -0.368 e. The fraction of sp³-hybridized carbons (Fsp3) is 0.444. The average Bonchev–Trinajstić information content (AvgIpc) is 2.74. The first-order valence-corrected chi connectivity index (χ1v) is 7.71. The topological polar surface area (TPSA) is 78.7 Å². The summed E-state index contributed by atoms with van der Waals surface area (Å²) in [5.41, 5.74) is 0. The largest absolute Gasteiger partial charge is 0.368 e. The summed E-state index contributed by atoms with van der Waals surface area (Å²) in [6, 6.07) is 0. The first kappa shape index (κ1) is 13.3. The van der Waals surface area contributed by atoms with Crippen molar-refractivity contribution in [3.63, 3.8) is 0 Å². The maximum Gasteiger partial charge on any atom is 0.273 e. The molecule has 0 bridgehead atoms. The van der Waals surface area contributed by atoms with Gasteiger partial charge in [0.25, 0.3) is 10.0 Å². The SMILES string of the molecule is CCNc1nc2sccn2c1S(=O)(=O)NN(C)C. The molecule has 9 heteroatoms. The van der Waals surface area contributed by atoms with Gasteiger partial charge in [-0.25, -0.2) is 18.4 Å². The van der Waals surface area contributed by atoms with E-state index in [1.54, 1.807) is 30.1 Å². The van der Waals surface area contributed by atoms with Gasteiger partial charge in [0, 0.05) is 32.2 Å². The van der Waals surface area contributed by atoms with E-state index in [9.17, 15) is 8.42 Å². The van der Waals surface area contributed by atoms with E-state index < -0.39 is 10.0 Å². The molecule has 0 fully saturated rings. The highest BCUT2D eigenvalue weighted by Crippen LogP contribution is 2.25. The molecule has 0 saturated heterocycles. The van der Waals surface area contributed by atoms with E-state index in [0.717, 1.165) is 0 Å². The summed E-state index contributed by atoms with van der Waals surface area (Å²) in [7, 11) is -0.402. The van der Waals surface area contributed by atoms with Crippen LogP contribution in [0, 0.1) is 0 Å². The van der Waals surface area contributed by atoms with Crippen molar-refractivity contribution in [3.8, 4) is 0 Å². The second-order valence-corrected chi connectivity index (χ2v) is 6.29. The van der Waals surface area contributed by atoms with E-state index in [2.05, 4.69) is 15.1 Å². The maximum absolute atomic E-state index is 12.3. The highest BCUT2D eigenvalue weighted by Gasteiger charge is 2.26. The summed E-state index contributed by atoms with van der Waals surface area (Å²) >= 11 is 1.39.